The van der Waals surface area contributed by atoms with Gasteiger partial charge in [0.1, 0.15) is 11.8 Å². The van der Waals surface area contributed by atoms with Crippen molar-refractivity contribution in [1.82, 2.24) is 0 Å². The molecule has 2 nitrogen and oxygen atoms in total. The van der Waals surface area contributed by atoms with E-state index in [9.17, 15) is 5.11 Å². The molecule has 0 unspecified atom stereocenters. The first kappa shape index (κ1) is 8.54. The summed E-state index contributed by atoms with van der Waals surface area (Å²) in [5, 5.41) is 21.0. The molecule has 4 heteroatoms. The van der Waals surface area contributed by atoms with Crippen molar-refractivity contribution in [2.75, 3.05) is 0 Å². The minimum atomic E-state index is 0.113. The van der Waals surface area contributed by atoms with E-state index in [1.807, 2.05) is 11.4 Å². The summed E-state index contributed by atoms with van der Waals surface area (Å²) >= 11 is 4.77. The molecular weight excluding hydrogens is 250 g/mol. The number of benzene rings is 1. The largest absolute Gasteiger partial charge is 0.507 e. The fraction of sp³-hybridized carbons (Fsp3) is 0. The highest BCUT2D eigenvalue weighted by molar-refractivity contribution is 9.10. The molecule has 1 aromatic carbocycles. The zero-order chi connectivity index (χ0) is 9.42. The Morgan fingerprint density at radius 1 is 1.54 bits per heavy atom. The highest BCUT2D eigenvalue weighted by Gasteiger charge is 2.09. The van der Waals surface area contributed by atoms with E-state index in [0.29, 0.717) is 10.0 Å². The predicted molar refractivity (Wildman–Crippen MR) is 55.9 cm³/mol. The fourth-order valence-electron chi connectivity index (χ4n) is 1.18. The number of aromatic hydroxyl groups is 1. The standard InChI is InChI=1S/C9H4BrNOS/c10-8-6-1-2-13-9(6)5(4-11)3-7(8)12/h1-3,12H. The Morgan fingerprint density at radius 3 is 3.00 bits per heavy atom. The van der Waals surface area contributed by atoms with Gasteiger partial charge >= 0.3 is 0 Å². The second-order valence-corrected chi connectivity index (χ2v) is 4.24. The summed E-state index contributed by atoms with van der Waals surface area (Å²) in [6.45, 7) is 0. The van der Waals surface area contributed by atoms with E-state index < -0.39 is 0 Å². The number of hydrogen-bond acceptors (Lipinski definition) is 3. The Morgan fingerprint density at radius 2 is 2.31 bits per heavy atom. The van der Waals surface area contributed by atoms with Crippen LogP contribution < -0.4 is 0 Å². The van der Waals surface area contributed by atoms with Crippen LogP contribution in [0, 0.1) is 11.3 Å². The lowest BCUT2D eigenvalue weighted by molar-refractivity contribution is 0.473. The number of phenolic OH excluding ortho intramolecular Hbond substituents is 1. The summed E-state index contributed by atoms with van der Waals surface area (Å²) in [6.07, 6.45) is 0. The van der Waals surface area contributed by atoms with Gasteiger partial charge in [-0.2, -0.15) is 5.26 Å². The number of thiophene rings is 1. The molecule has 0 atom stereocenters. The molecule has 64 valence electrons. The highest BCUT2D eigenvalue weighted by atomic mass is 79.9. The van der Waals surface area contributed by atoms with Crippen LogP contribution in [-0.2, 0) is 0 Å². The Hall–Kier alpha value is -1.05. The second kappa shape index (κ2) is 3.02. The van der Waals surface area contributed by atoms with Crippen LogP contribution in [0.2, 0.25) is 0 Å². The topological polar surface area (TPSA) is 44.0 Å². The van der Waals surface area contributed by atoms with Gasteiger partial charge < -0.3 is 5.11 Å². The maximum atomic E-state index is 9.45. The van der Waals surface area contributed by atoms with E-state index in [0.717, 1.165) is 10.1 Å². The summed E-state index contributed by atoms with van der Waals surface area (Å²) < 4.78 is 1.56. The van der Waals surface area contributed by atoms with E-state index in [1.165, 1.54) is 17.4 Å². The van der Waals surface area contributed by atoms with Gasteiger partial charge in [-0.15, -0.1) is 11.3 Å². The average Bonchev–Trinajstić information content (AvgIpc) is 2.60. The molecule has 1 heterocycles. The maximum Gasteiger partial charge on any atom is 0.131 e. The minimum Gasteiger partial charge on any atom is -0.507 e. The molecule has 0 aliphatic carbocycles. The van der Waals surface area contributed by atoms with Crippen LogP contribution in [0.5, 0.6) is 5.75 Å². The molecule has 0 saturated carbocycles. The van der Waals surface area contributed by atoms with Gasteiger partial charge in [0.25, 0.3) is 0 Å². The molecule has 0 radical (unpaired) electrons. The quantitative estimate of drug-likeness (QED) is 0.784. The van der Waals surface area contributed by atoms with Crippen LogP contribution in [0.4, 0.5) is 0 Å². The number of rotatable bonds is 0. The van der Waals surface area contributed by atoms with Crippen LogP contribution in [0.1, 0.15) is 5.56 Å². The van der Waals surface area contributed by atoms with E-state index in [4.69, 9.17) is 5.26 Å². The normalized spacial score (nSPS) is 10.2. The van der Waals surface area contributed by atoms with Crippen molar-refractivity contribution in [3.8, 4) is 11.8 Å². The van der Waals surface area contributed by atoms with E-state index in [-0.39, 0.29) is 5.75 Å². The molecule has 1 N–H and O–H groups in total. The summed E-state index contributed by atoms with van der Waals surface area (Å²) in [5.41, 5.74) is 0.519. The molecule has 0 fully saturated rings. The van der Waals surface area contributed by atoms with E-state index >= 15 is 0 Å². The third kappa shape index (κ3) is 1.21. The Balaban J connectivity index is 2.97. The molecule has 0 bridgehead atoms. The van der Waals surface area contributed by atoms with Gasteiger partial charge in [-0.05, 0) is 27.4 Å². The summed E-state index contributed by atoms with van der Waals surface area (Å²) in [7, 11) is 0. The first-order valence-electron chi connectivity index (χ1n) is 3.53. The number of nitrogens with zero attached hydrogens (tertiary/aromatic N) is 1. The smallest absolute Gasteiger partial charge is 0.131 e. The minimum absolute atomic E-state index is 0.113. The number of hydrogen-bond donors (Lipinski definition) is 1. The zero-order valence-electron chi connectivity index (χ0n) is 6.41. The van der Waals surface area contributed by atoms with Gasteiger partial charge in [-0.3, -0.25) is 0 Å². The zero-order valence-corrected chi connectivity index (χ0v) is 8.82. The third-order valence-electron chi connectivity index (χ3n) is 1.77. The van der Waals surface area contributed by atoms with E-state index in [2.05, 4.69) is 22.0 Å². The van der Waals surface area contributed by atoms with Gasteiger partial charge in [-0.25, -0.2) is 0 Å². The van der Waals surface area contributed by atoms with Crippen molar-refractivity contribution in [3.63, 3.8) is 0 Å². The molecule has 0 aliphatic rings. The first-order chi connectivity index (χ1) is 6.24. The fourth-order valence-corrected chi connectivity index (χ4v) is 2.62. The van der Waals surface area contributed by atoms with Crippen molar-refractivity contribution in [1.29, 1.82) is 5.26 Å². The van der Waals surface area contributed by atoms with Gasteiger partial charge in [0.15, 0.2) is 0 Å². The Kier molecular flexibility index (Phi) is 1.98. The number of nitriles is 1. The molecule has 0 saturated heterocycles. The molecule has 13 heavy (non-hydrogen) atoms. The Bertz CT molecular complexity index is 512. The summed E-state index contributed by atoms with van der Waals surface area (Å²) in [4.78, 5) is 0. The Labute approximate surface area is 87.2 Å². The van der Waals surface area contributed by atoms with E-state index in [1.54, 1.807) is 0 Å². The molecule has 0 aliphatic heterocycles. The first-order valence-corrected chi connectivity index (χ1v) is 5.20. The highest BCUT2D eigenvalue weighted by Crippen LogP contribution is 2.37. The van der Waals surface area contributed by atoms with Crippen molar-refractivity contribution < 1.29 is 5.11 Å². The molecule has 0 amide bonds. The second-order valence-electron chi connectivity index (χ2n) is 2.53. The lowest BCUT2D eigenvalue weighted by Gasteiger charge is -1.99. The van der Waals surface area contributed by atoms with Gasteiger partial charge in [0.2, 0.25) is 0 Å². The van der Waals surface area contributed by atoms with Gasteiger partial charge in [0, 0.05) is 11.5 Å². The van der Waals surface area contributed by atoms with Crippen molar-refractivity contribution in [2.24, 2.45) is 0 Å². The predicted octanol–water partition coefficient (Wildman–Crippen LogP) is 3.24. The van der Waals surface area contributed by atoms with Crippen molar-refractivity contribution >= 4 is 37.4 Å². The monoisotopic (exact) mass is 253 g/mol. The van der Waals surface area contributed by atoms with Crippen LogP contribution in [0.3, 0.4) is 0 Å². The average molecular weight is 254 g/mol. The van der Waals surface area contributed by atoms with Crippen LogP contribution in [0.15, 0.2) is 22.0 Å². The molecule has 2 aromatic rings. The summed E-state index contributed by atoms with van der Waals surface area (Å²) in [5.74, 6) is 0.113. The molecule has 0 spiro atoms. The SMILES string of the molecule is N#Cc1cc(O)c(Br)c2ccsc12. The maximum absolute atomic E-state index is 9.45. The van der Waals surface area contributed by atoms with Crippen molar-refractivity contribution in [2.45, 2.75) is 0 Å². The lowest BCUT2D eigenvalue weighted by Crippen LogP contribution is -1.77. The van der Waals surface area contributed by atoms with Crippen molar-refractivity contribution in [3.05, 3.63) is 27.5 Å². The lowest BCUT2D eigenvalue weighted by atomic mass is 10.2. The summed E-state index contributed by atoms with van der Waals surface area (Å²) in [6, 6.07) is 5.41. The number of halogens is 1. The third-order valence-corrected chi connectivity index (χ3v) is 3.55. The molecule has 1 aromatic heterocycles. The molecular formula is C9H4BrNOS. The van der Waals surface area contributed by atoms with Gasteiger partial charge in [0.05, 0.1) is 14.7 Å². The van der Waals surface area contributed by atoms with Gasteiger partial charge in [-0.1, -0.05) is 0 Å². The van der Waals surface area contributed by atoms with Crippen LogP contribution in [0.25, 0.3) is 10.1 Å². The van der Waals surface area contributed by atoms with Crippen LogP contribution >= 0.6 is 27.3 Å². The number of fused-ring (bicyclic) bond motifs is 1. The number of phenols is 1. The van der Waals surface area contributed by atoms with Crippen LogP contribution in [-0.4, -0.2) is 5.11 Å². The molecule has 2 rings (SSSR count).